The molecule has 0 bridgehead atoms. The van der Waals surface area contributed by atoms with Crippen molar-refractivity contribution in [3.8, 4) is 11.6 Å². The van der Waals surface area contributed by atoms with Crippen molar-refractivity contribution < 1.29 is 23.8 Å². The van der Waals surface area contributed by atoms with Gasteiger partial charge in [-0.05, 0) is 17.7 Å². The molecule has 1 aromatic heterocycles. The monoisotopic (exact) mass is 274 g/mol. The fourth-order valence-corrected chi connectivity index (χ4v) is 1.59. The number of aryl methyl sites for hydroxylation is 1. The Balaban J connectivity index is 2.23. The molecule has 20 heavy (non-hydrogen) atoms. The number of nitrogens with zero attached hydrogens (tertiary/aromatic N) is 2. The summed E-state index contributed by atoms with van der Waals surface area (Å²) in [7, 11) is 0. The smallest absolute Gasteiger partial charge is 0.302 e. The van der Waals surface area contributed by atoms with Crippen LogP contribution in [0.1, 0.15) is 18.2 Å². The average molecular weight is 274 g/mol. The standard InChI is InChI=1S/C14H14N2O4/c1-10-5-7-12(8-6-10)16-13(14(18)20-15-16)4-3-9-19-11(2)17/h3-8H,9H2,1-2H3/b4-3+. The minimum atomic E-state index is -0.551. The molecule has 2 rings (SSSR count). The molecule has 0 amide bonds. The maximum atomic E-state index is 11.6. The van der Waals surface area contributed by atoms with E-state index in [0.717, 1.165) is 5.56 Å². The van der Waals surface area contributed by atoms with E-state index in [1.807, 2.05) is 31.2 Å². The highest BCUT2D eigenvalue weighted by Gasteiger charge is 2.17. The lowest BCUT2D eigenvalue weighted by Crippen LogP contribution is -2.35. The van der Waals surface area contributed by atoms with Gasteiger partial charge in [-0.3, -0.25) is 4.79 Å². The number of rotatable bonds is 4. The van der Waals surface area contributed by atoms with Gasteiger partial charge in [-0.1, -0.05) is 17.7 Å². The van der Waals surface area contributed by atoms with Crippen LogP contribution in [-0.4, -0.2) is 17.8 Å². The number of carbonyl (C=O) groups excluding carboxylic acids is 1. The largest absolute Gasteiger partial charge is 0.539 e. The van der Waals surface area contributed by atoms with Crippen LogP contribution < -0.4 is 9.79 Å². The second kappa shape index (κ2) is 6.01. The second-order valence-corrected chi connectivity index (χ2v) is 4.20. The number of carbonyl (C=O) groups is 1. The molecule has 0 aliphatic carbocycles. The van der Waals surface area contributed by atoms with Gasteiger partial charge in [0.15, 0.2) is 5.95 Å². The summed E-state index contributed by atoms with van der Waals surface area (Å²) in [5, 5.41) is 15.3. The third-order valence-corrected chi connectivity index (χ3v) is 2.58. The van der Waals surface area contributed by atoms with Gasteiger partial charge in [0.2, 0.25) is 5.69 Å². The number of hydrogen-bond donors (Lipinski definition) is 0. The second-order valence-electron chi connectivity index (χ2n) is 4.20. The molecular formula is C14H14N2O4. The first-order valence-electron chi connectivity index (χ1n) is 6.04. The number of benzene rings is 1. The van der Waals surface area contributed by atoms with Crippen LogP contribution in [0.3, 0.4) is 0 Å². The van der Waals surface area contributed by atoms with Gasteiger partial charge in [0.1, 0.15) is 6.61 Å². The number of hydrogen-bond acceptors (Lipinski definition) is 5. The van der Waals surface area contributed by atoms with E-state index in [1.165, 1.54) is 17.7 Å². The first-order chi connectivity index (χ1) is 9.58. The van der Waals surface area contributed by atoms with Crippen LogP contribution in [-0.2, 0) is 9.53 Å². The molecule has 0 radical (unpaired) electrons. The predicted octanol–water partition coefficient (Wildman–Crippen LogP) is 0.910. The lowest BCUT2D eigenvalue weighted by Gasteiger charge is -1.95. The van der Waals surface area contributed by atoms with E-state index in [-0.39, 0.29) is 18.3 Å². The molecule has 0 aliphatic heterocycles. The molecule has 0 unspecified atom stereocenters. The van der Waals surface area contributed by atoms with Crippen molar-refractivity contribution in [3.63, 3.8) is 0 Å². The van der Waals surface area contributed by atoms with Crippen molar-refractivity contribution in [2.24, 2.45) is 0 Å². The van der Waals surface area contributed by atoms with Crippen molar-refractivity contribution in [3.05, 3.63) is 41.6 Å². The van der Waals surface area contributed by atoms with Crippen molar-refractivity contribution in [1.82, 2.24) is 5.27 Å². The summed E-state index contributed by atoms with van der Waals surface area (Å²) < 4.78 is 10.8. The Morgan fingerprint density at radius 1 is 1.45 bits per heavy atom. The first-order valence-corrected chi connectivity index (χ1v) is 6.04. The quantitative estimate of drug-likeness (QED) is 0.611. The van der Waals surface area contributed by atoms with Gasteiger partial charge in [-0.2, -0.15) is 0 Å². The minimum Gasteiger partial charge on any atom is -0.539 e. The molecule has 0 saturated heterocycles. The van der Waals surface area contributed by atoms with Crippen molar-refractivity contribution in [1.29, 1.82) is 0 Å². The minimum absolute atomic E-state index is 0.0911. The van der Waals surface area contributed by atoms with Gasteiger partial charge < -0.3 is 14.4 Å². The average Bonchev–Trinajstić information content (AvgIpc) is 2.77. The summed E-state index contributed by atoms with van der Waals surface area (Å²) in [6.07, 6.45) is 3.07. The maximum Gasteiger partial charge on any atom is 0.302 e. The molecule has 0 N–H and O–H groups in total. The topological polar surface area (TPSA) is 79.3 Å². The Morgan fingerprint density at radius 2 is 2.15 bits per heavy atom. The summed E-state index contributed by atoms with van der Waals surface area (Å²) in [5.74, 6) is -0.932. The molecule has 6 heteroatoms. The van der Waals surface area contributed by atoms with E-state index in [4.69, 9.17) is 4.74 Å². The zero-order valence-electron chi connectivity index (χ0n) is 11.2. The third kappa shape index (κ3) is 3.23. The molecule has 0 fully saturated rings. The summed E-state index contributed by atoms with van der Waals surface area (Å²) in [5.41, 5.74) is 2.08. The Bertz CT molecular complexity index is 629. The maximum absolute atomic E-state index is 11.6. The highest BCUT2D eigenvalue weighted by atomic mass is 16.6. The van der Waals surface area contributed by atoms with Crippen LogP contribution >= 0.6 is 0 Å². The van der Waals surface area contributed by atoms with E-state index in [9.17, 15) is 9.90 Å². The lowest BCUT2D eigenvalue weighted by atomic mass is 10.2. The summed E-state index contributed by atoms with van der Waals surface area (Å²) in [4.78, 5) is 10.6. The van der Waals surface area contributed by atoms with Gasteiger partial charge in [-0.15, -0.1) is 0 Å². The van der Waals surface area contributed by atoms with E-state index >= 15 is 0 Å². The van der Waals surface area contributed by atoms with E-state index in [0.29, 0.717) is 5.69 Å². The molecule has 6 nitrogen and oxygen atoms in total. The van der Waals surface area contributed by atoms with Gasteiger partial charge >= 0.3 is 5.97 Å². The Hall–Kier alpha value is -2.63. The Labute approximate surface area is 115 Å². The SMILES string of the molecule is CC(=O)OC/C=C/c1c([O-])on[n+]1-c1ccc(C)cc1. The summed E-state index contributed by atoms with van der Waals surface area (Å²) in [6, 6.07) is 7.49. The summed E-state index contributed by atoms with van der Waals surface area (Å²) in [6.45, 7) is 3.38. The number of ether oxygens (including phenoxy) is 1. The fraction of sp³-hybridized carbons (Fsp3) is 0.214. The van der Waals surface area contributed by atoms with Crippen molar-refractivity contribution in [2.45, 2.75) is 13.8 Å². The molecule has 2 aromatic rings. The van der Waals surface area contributed by atoms with Crippen molar-refractivity contribution in [2.75, 3.05) is 6.61 Å². The highest BCUT2D eigenvalue weighted by molar-refractivity contribution is 5.66. The van der Waals surface area contributed by atoms with Crippen LogP contribution in [0.5, 0.6) is 5.95 Å². The fourth-order valence-electron chi connectivity index (χ4n) is 1.59. The molecule has 0 saturated carbocycles. The molecule has 1 aromatic carbocycles. The number of aromatic nitrogens is 2. The first kappa shape index (κ1) is 13.8. The van der Waals surface area contributed by atoms with Gasteiger partial charge in [0.25, 0.3) is 5.69 Å². The van der Waals surface area contributed by atoms with E-state index < -0.39 is 5.95 Å². The van der Waals surface area contributed by atoms with Crippen LogP contribution in [0.15, 0.2) is 34.9 Å². The Morgan fingerprint density at radius 3 is 2.80 bits per heavy atom. The van der Waals surface area contributed by atoms with E-state index in [1.54, 1.807) is 6.08 Å². The lowest BCUT2D eigenvalue weighted by molar-refractivity contribution is -0.672. The molecule has 1 heterocycles. The number of esters is 1. The normalized spacial score (nSPS) is 10.9. The van der Waals surface area contributed by atoms with Crippen LogP contribution in [0.2, 0.25) is 0 Å². The van der Waals surface area contributed by atoms with Gasteiger partial charge in [0.05, 0.1) is 5.27 Å². The Kier molecular flexibility index (Phi) is 4.14. The van der Waals surface area contributed by atoms with Crippen LogP contribution in [0.4, 0.5) is 0 Å². The van der Waals surface area contributed by atoms with Gasteiger partial charge in [-0.25, -0.2) is 0 Å². The zero-order valence-corrected chi connectivity index (χ0v) is 11.2. The highest BCUT2D eigenvalue weighted by Crippen LogP contribution is 2.12. The van der Waals surface area contributed by atoms with E-state index in [2.05, 4.69) is 9.79 Å². The van der Waals surface area contributed by atoms with Crippen LogP contribution in [0.25, 0.3) is 11.8 Å². The summed E-state index contributed by atoms with van der Waals surface area (Å²) >= 11 is 0. The van der Waals surface area contributed by atoms with Crippen LogP contribution in [0, 0.1) is 6.92 Å². The third-order valence-electron chi connectivity index (χ3n) is 2.58. The predicted molar refractivity (Wildman–Crippen MR) is 67.9 cm³/mol. The molecule has 0 spiro atoms. The zero-order chi connectivity index (χ0) is 14.5. The van der Waals surface area contributed by atoms with Gasteiger partial charge in [0, 0.05) is 25.1 Å². The molecule has 0 aliphatic rings. The molecule has 104 valence electrons. The van der Waals surface area contributed by atoms with Crippen molar-refractivity contribution >= 4 is 12.0 Å². The molecule has 0 atom stereocenters. The molecular weight excluding hydrogens is 260 g/mol.